The molecule has 0 saturated carbocycles. The average Bonchev–Trinajstić information content (AvgIpc) is 2.34. The number of anilines is 2. The number of nitrogens with zero attached hydrogens (tertiary/aromatic N) is 4. The van der Waals surface area contributed by atoms with Crippen molar-refractivity contribution in [3.8, 4) is 0 Å². The molecule has 8 heteroatoms. The van der Waals surface area contributed by atoms with Crippen LogP contribution in [0, 0.1) is 27.7 Å². The number of nitrogens with one attached hydrogen (secondary N) is 2. The molecule has 2 N–H and O–H groups in total. The first-order chi connectivity index (χ1) is 9.85. The lowest BCUT2D eigenvalue weighted by molar-refractivity contribution is 1.04. The molecule has 0 amide bonds. The molecule has 0 aliphatic carbocycles. The minimum absolute atomic E-state index is 0.348. The van der Waals surface area contributed by atoms with E-state index in [4.69, 9.17) is 12.2 Å². The summed E-state index contributed by atoms with van der Waals surface area (Å²) in [7, 11) is 0. The lowest BCUT2D eigenvalue weighted by Crippen LogP contribution is -2.22. The summed E-state index contributed by atoms with van der Waals surface area (Å²) < 4.78 is 0.893. The Morgan fingerprint density at radius 3 is 1.81 bits per heavy atom. The molecular weight excluding hydrogens is 352 g/mol. The van der Waals surface area contributed by atoms with Gasteiger partial charge in [0.1, 0.15) is 0 Å². The molecule has 0 bridgehead atoms. The highest BCUT2D eigenvalue weighted by molar-refractivity contribution is 9.10. The summed E-state index contributed by atoms with van der Waals surface area (Å²) in [6.07, 6.45) is 0. The first-order valence-corrected chi connectivity index (χ1v) is 7.46. The molecule has 2 aromatic rings. The van der Waals surface area contributed by atoms with Gasteiger partial charge in [0.25, 0.3) is 0 Å². The van der Waals surface area contributed by atoms with Crippen molar-refractivity contribution < 1.29 is 0 Å². The number of halogens is 1. The first kappa shape index (κ1) is 15.7. The number of aromatic nitrogens is 4. The number of hydrogen-bond donors (Lipinski definition) is 2. The maximum atomic E-state index is 5.23. The largest absolute Gasteiger partial charge is 0.301 e. The van der Waals surface area contributed by atoms with Crippen molar-refractivity contribution >= 4 is 45.2 Å². The highest BCUT2D eigenvalue weighted by Gasteiger charge is 2.08. The van der Waals surface area contributed by atoms with Crippen LogP contribution < -0.4 is 10.6 Å². The van der Waals surface area contributed by atoms with Crippen molar-refractivity contribution in [1.29, 1.82) is 0 Å². The Morgan fingerprint density at radius 1 is 0.905 bits per heavy atom. The van der Waals surface area contributed by atoms with Crippen molar-refractivity contribution in [2.24, 2.45) is 0 Å². The van der Waals surface area contributed by atoms with E-state index in [0.29, 0.717) is 17.0 Å². The summed E-state index contributed by atoms with van der Waals surface area (Å²) in [5.74, 6) is 0.894. The summed E-state index contributed by atoms with van der Waals surface area (Å²) >= 11 is 8.66. The third-order valence-corrected chi connectivity index (χ3v) is 3.97. The molecule has 0 aromatic carbocycles. The van der Waals surface area contributed by atoms with E-state index >= 15 is 0 Å². The summed E-state index contributed by atoms with van der Waals surface area (Å²) in [4.78, 5) is 17.2. The second kappa shape index (κ2) is 6.40. The third-order valence-electron chi connectivity index (χ3n) is 2.62. The molecule has 6 nitrogen and oxygen atoms in total. The van der Waals surface area contributed by atoms with Crippen LogP contribution in [-0.4, -0.2) is 25.0 Å². The summed E-state index contributed by atoms with van der Waals surface area (Å²) in [6.45, 7) is 7.60. The Hall–Kier alpha value is -1.67. The van der Waals surface area contributed by atoms with Gasteiger partial charge in [0, 0.05) is 11.4 Å². The maximum Gasteiger partial charge on any atom is 0.229 e. The molecule has 0 fully saturated rings. The molecule has 0 radical (unpaired) electrons. The van der Waals surface area contributed by atoms with Gasteiger partial charge in [-0.2, -0.15) is 0 Å². The van der Waals surface area contributed by atoms with E-state index in [9.17, 15) is 0 Å². The van der Waals surface area contributed by atoms with Crippen LogP contribution in [0.25, 0.3) is 0 Å². The number of rotatable bonds is 2. The lowest BCUT2D eigenvalue weighted by Gasteiger charge is -2.10. The third kappa shape index (κ3) is 4.15. The summed E-state index contributed by atoms with van der Waals surface area (Å²) in [6, 6.07) is 1.90. The average molecular weight is 367 g/mol. The van der Waals surface area contributed by atoms with Gasteiger partial charge in [0.2, 0.25) is 11.9 Å². The quantitative estimate of drug-likeness (QED) is 0.790. The fourth-order valence-electron chi connectivity index (χ4n) is 1.77. The number of thiocarbonyl (C=S) groups is 1. The van der Waals surface area contributed by atoms with Gasteiger partial charge >= 0.3 is 0 Å². The topological polar surface area (TPSA) is 75.6 Å². The van der Waals surface area contributed by atoms with Crippen molar-refractivity contribution in [3.05, 3.63) is 33.3 Å². The van der Waals surface area contributed by atoms with Crippen LogP contribution in [-0.2, 0) is 0 Å². The number of hydrogen-bond acceptors (Lipinski definition) is 5. The molecule has 0 unspecified atom stereocenters. The smallest absolute Gasteiger partial charge is 0.229 e. The zero-order valence-corrected chi connectivity index (χ0v) is 14.6. The Balaban J connectivity index is 2.11. The van der Waals surface area contributed by atoms with E-state index in [2.05, 4.69) is 46.5 Å². The zero-order chi connectivity index (χ0) is 15.6. The van der Waals surface area contributed by atoms with Gasteiger partial charge < -0.3 is 10.6 Å². The lowest BCUT2D eigenvalue weighted by atomic mass is 10.3. The van der Waals surface area contributed by atoms with Crippen molar-refractivity contribution in [3.63, 3.8) is 0 Å². The molecule has 2 heterocycles. The van der Waals surface area contributed by atoms with Crippen LogP contribution in [0.3, 0.4) is 0 Å². The Kier molecular flexibility index (Phi) is 4.79. The minimum atomic E-state index is 0.348. The van der Waals surface area contributed by atoms with Gasteiger partial charge in [-0.3, -0.25) is 0 Å². The van der Waals surface area contributed by atoms with E-state index in [1.165, 1.54) is 0 Å². The Bertz CT molecular complexity index is 660. The van der Waals surface area contributed by atoms with Crippen LogP contribution >= 0.6 is 28.1 Å². The molecule has 0 aliphatic heterocycles. The van der Waals surface area contributed by atoms with Gasteiger partial charge in [-0.1, -0.05) is 0 Å². The SMILES string of the molecule is Cc1cc(C)nc(NC(=S)Nc2nc(C)c(Br)c(C)n2)n1. The van der Waals surface area contributed by atoms with Crippen LogP contribution in [0.5, 0.6) is 0 Å². The number of aryl methyl sites for hydroxylation is 4. The van der Waals surface area contributed by atoms with Crippen LogP contribution in [0.4, 0.5) is 11.9 Å². The summed E-state index contributed by atoms with van der Waals surface area (Å²) in [5.41, 5.74) is 3.43. The second-order valence-electron chi connectivity index (χ2n) is 4.59. The highest BCUT2D eigenvalue weighted by atomic mass is 79.9. The predicted molar refractivity (Wildman–Crippen MR) is 90.6 cm³/mol. The molecule has 0 saturated heterocycles. The minimum Gasteiger partial charge on any atom is -0.301 e. The van der Waals surface area contributed by atoms with Gasteiger partial charge in [-0.05, 0) is 61.9 Å². The molecule has 0 aliphatic rings. The van der Waals surface area contributed by atoms with E-state index in [-0.39, 0.29) is 0 Å². The molecule has 21 heavy (non-hydrogen) atoms. The Morgan fingerprint density at radius 2 is 1.33 bits per heavy atom. The molecule has 2 rings (SSSR count). The van der Waals surface area contributed by atoms with Gasteiger partial charge in [0.15, 0.2) is 5.11 Å². The molecule has 110 valence electrons. The van der Waals surface area contributed by atoms with Crippen LogP contribution in [0.1, 0.15) is 22.8 Å². The first-order valence-electron chi connectivity index (χ1n) is 6.26. The van der Waals surface area contributed by atoms with E-state index in [1.54, 1.807) is 0 Å². The fourth-order valence-corrected chi connectivity index (χ4v) is 2.13. The van der Waals surface area contributed by atoms with Crippen molar-refractivity contribution in [2.45, 2.75) is 27.7 Å². The normalized spacial score (nSPS) is 10.3. The van der Waals surface area contributed by atoms with Gasteiger partial charge in [0.05, 0.1) is 15.9 Å². The van der Waals surface area contributed by atoms with E-state index in [1.807, 2.05) is 33.8 Å². The van der Waals surface area contributed by atoms with Crippen LogP contribution in [0.2, 0.25) is 0 Å². The standard InChI is InChI=1S/C13H15BrN6S/c1-6-5-7(2)16-11(15-6)19-13(21)20-12-17-8(3)10(14)9(4)18-12/h5H,1-4H3,(H2,15,16,17,18,19,20,21). The van der Waals surface area contributed by atoms with Gasteiger partial charge in [-0.15, -0.1) is 0 Å². The van der Waals surface area contributed by atoms with E-state index in [0.717, 1.165) is 27.2 Å². The second-order valence-corrected chi connectivity index (χ2v) is 5.79. The maximum absolute atomic E-state index is 5.23. The molecule has 2 aromatic heterocycles. The molecule has 0 atom stereocenters. The summed E-state index contributed by atoms with van der Waals surface area (Å²) in [5, 5.41) is 6.22. The van der Waals surface area contributed by atoms with Crippen molar-refractivity contribution in [2.75, 3.05) is 10.6 Å². The predicted octanol–water partition coefficient (Wildman–Crippen LogP) is 3.07. The zero-order valence-electron chi connectivity index (χ0n) is 12.2. The van der Waals surface area contributed by atoms with Gasteiger partial charge in [-0.25, -0.2) is 19.9 Å². The molecular formula is C13H15BrN6S. The fraction of sp³-hybridized carbons (Fsp3) is 0.308. The molecule has 0 spiro atoms. The Labute approximate surface area is 137 Å². The van der Waals surface area contributed by atoms with Crippen molar-refractivity contribution in [1.82, 2.24) is 19.9 Å². The van der Waals surface area contributed by atoms with Crippen LogP contribution in [0.15, 0.2) is 10.5 Å². The monoisotopic (exact) mass is 366 g/mol. The highest BCUT2D eigenvalue weighted by Crippen LogP contribution is 2.18. The van der Waals surface area contributed by atoms with E-state index < -0.39 is 0 Å².